The topological polar surface area (TPSA) is 89.2 Å². The summed E-state index contributed by atoms with van der Waals surface area (Å²) in [6.45, 7) is 3.92. The van der Waals surface area contributed by atoms with Crippen molar-refractivity contribution in [3.8, 4) is 0 Å². The monoisotopic (exact) mass is 356 g/mol. The van der Waals surface area contributed by atoms with E-state index < -0.39 is 0 Å². The molecule has 1 aromatic carbocycles. The van der Waals surface area contributed by atoms with Gasteiger partial charge in [-0.25, -0.2) is 9.97 Å². The van der Waals surface area contributed by atoms with Gasteiger partial charge in [0.1, 0.15) is 23.2 Å². The van der Waals surface area contributed by atoms with Crippen molar-refractivity contribution in [2.24, 2.45) is 0 Å². The predicted molar refractivity (Wildman–Crippen MR) is 98.8 cm³/mol. The van der Waals surface area contributed by atoms with Crippen LogP contribution in [0.3, 0.4) is 0 Å². The van der Waals surface area contributed by atoms with Crippen molar-refractivity contribution >= 4 is 35.1 Å². The van der Waals surface area contributed by atoms with Crippen molar-refractivity contribution in [1.29, 1.82) is 0 Å². The number of hydrogen-bond acceptors (Lipinski definition) is 6. The van der Waals surface area contributed by atoms with Gasteiger partial charge in [-0.15, -0.1) is 11.8 Å². The van der Waals surface area contributed by atoms with E-state index in [1.54, 1.807) is 30.5 Å². The number of carbonyl (C=O) groups is 2. The van der Waals surface area contributed by atoms with Crippen LogP contribution >= 0.6 is 11.8 Å². The third kappa shape index (κ3) is 3.99. The quantitative estimate of drug-likeness (QED) is 0.798. The molecule has 130 valence electrons. The summed E-state index contributed by atoms with van der Waals surface area (Å²) >= 11 is 1.65. The fraction of sp³-hybridized carbons (Fsp3) is 0.333. The summed E-state index contributed by atoms with van der Waals surface area (Å²) in [6.07, 6.45) is 0.710. The van der Waals surface area contributed by atoms with Gasteiger partial charge in [0, 0.05) is 29.2 Å². The Morgan fingerprint density at radius 1 is 1.36 bits per heavy atom. The van der Waals surface area contributed by atoms with E-state index in [4.69, 9.17) is 5.73 Å². The molecule has 2 heterocycles. The Labute approximate surface area is 150 Å². The summed E-state index contributed by atoms with van der Waals surface area (Å²) in [6, 6.07) is 7.94. The molecule has 0 aliphatic carbocycles. The highest BCUT2D eigenvalue weighted by Crippen LogP contribution is 2.31. The van der Waals surface area contributed by atoms with E-state index >= 15 is 0 Å². The van der Waals surface area contributed by atoms with Crippen LogP contribution in [0.5, 0.6) is 0 Å². The predicted octanol–water partition coefficient (Wildman–Crippen LogP) is 2.18. The molecule has 0 atom stereocenters. The van der Waals surface area contributed by atoms with Gasteiger partial charge in [-0.2, -0.15) is 0 Å². The van der Waals surface area contributed by atoms with Crippen molar-refractivity contribution in [1.82, 2.24) is 9.97 Å². The molecule has 2 aromatic rings. The number of nitrogens with two attached hydrogens (primary N) is 1. The summed E-state index contributed by atoms with van der Waals surface area (Å²) in [7, 11) is 0. The van der Waals surface area contributed by atoms with E-state index in [9.17, 15) is 9.59 Å². The second kappa shape index (κ2) is 7.23. The highest BCUT2D eigenvalue weighted by atomic mass is 32.2. The third-order valence-corrected chi connectivity index (χ3v) is 4.92. The lowest BCUT2D eigenvalue weighted by Gasteiger charge is -2.16. The second-order valence-electron chi connectivity index (χ2n) is 6.06. The Morgan fingerprint density at radius 2 is 2.16 bits per heavy atom. The van der Waals surface area contributed by atoms with Crippen LogP contribution in [0.2, 0.25) is 0 Å². The number of Topliss-reactive ketones (excluding diaryl/α,β-unsaturated/α-hetero) is 1. The Morgan fingerprint density at radius 3 is 2.92 bits per heavy atom. The highest BCUT2D eigenvalue weighted by Gasteiger charge is 2.31. The van der Waals surface area contributed by atoms with Gasteiger partial charge in [0.05, 0.1) is 6.42 Å². The molecule has 6 nitrogen and oxygen atoms in total. The highest BCUT2D eigenvalue weighted by molar-refractivity contribution is 7.99. The Kier molecular flexibility index (Phi) is 5.03. The maximum absolute atomic E-state index is 12.3. The third-order valence-electron chi connectivity index (χ3n) is 3.95. The lowest BCUT2D eigenvalue weighted by atomic mass is 10.1. The zero-order chi connectivity index (χ0) is 18.0. The van der Waals surface area contributed by atoms with Crippen LogP contribution in [0.1, 0.15) is 23.9 Å². The first-order valence-corrected chi connectivity index (χ1v) is 9.07. The standard InChI is InChI=1S/C18H20N4O2S/c1-11(23)8-13-4-3-5-14(9-13)25-7-6-22-16(24)10-15-17(19)20-12(2)21-18(15)22/h3-5,9H,6-8,10H2,1-2H3,(H2,19,20,21). The fourth-order valence-corrected chi connectivity index (χ4v) is 3.80. The van der Waals surface area contributed by atoms with Crippen molar-refractivity contribution in [3.05, 3.63) is 41.2 Å². The molecule has 0 unspecified atom stereocenters. The van der Waals surface area contributed by atoms with Crippen molar-refractivity contribution in [2.75, 3.05) is 22.9 Å². The van der Waals surface area contributed by atoms with Crippen LogP contribution in [0, 0.1) is 6.92 Å². The summed E-state index contributed by atoms with van der Waals surface area (Å²) in [4.78, 5) is 34.8. The summed E-state index contributed by atoms with van der Waals surface area (Å²) in [5, 5.41) is 0. The summed E-state index contributed by atoms with van der Waals surface area (Å²) in [5.74, 6) is 2.49. The van der Waals surface area contributed by atoms with Gasteiger partial charge in [-0.1, -0.05) is 12.1 Å². The zero-order valence-corrected chi connectivity index (χ0v) is 15.1. The van der Waals surface area contributed by atoms with Gasteiger partial charge in [0.15, 0.2) is 0 Å². The van der Waals surface area contributed by atoms with E-state index in [1.165, 1.54) is 0 Å². The number of anilines is 2. The van der Waals surface area contributed by atoms with Gasteiger partial charge in [-0.3, -0.25) is 14.5 Å². The molecule has 0 bridgehead atoms. The molecule has 3 rings (SSSR count). The van der Waals surface area contributed by atoms with Crippen molar-refractivity contribution in [2.45, 2.75) is 31.6 Å². The van der Waals surface area contributed by atoms with E-state index in [1.807, 2.05) is 24.3 Å². The minimum absolute atomic E-state index is 0.00697. The first kappa shape index (κ1) is 17.4. The smallest absolute Gasteiger partial charge is 0.232 e. The number of nitrogens with zero attached hydrogens (tertiary/aromatic N) is 3. The molecule has 0 radical (unpaired) electrons. The molecule has 0 spiro atoms. The number of amides is 1. The Bertz CT molecular complexity index is 838. The molecule has 7 heteroatoms. The minimum atomic E-state index is 0.00697. The Balaban J connectivity index is 1.66. The number of aryl methyl sites for hydroxylation is 1. The Hall–Kier alpha value is -2.41. The number of thioether (sulfide) groups is 1. The summed E-state index contributed by atoms with van der Waals surface area (Å²) < 4.78 is 0. The fourth-order valence-electron chi connectivity index (χ4n) is 2.88. The molecular weight excluding hydrogens is 336 g/mol. The van der Waals surface area contributed by atoms with Crippen LogP contribution in [0.4, 0.5) is 11.6 Å². The first-order chi connectivity index (χ1) is 11.9. The van der Waals surface area contributed by atoms with Crippen LogP contribution < -0.4 is 10.6 Å². The number of benzene rings is 1. The lowest BCUT2D eigenvalue weighted by Crippen LogP contribution is -2.29. The molecule has 1 aliphatic rings. The van der Waals surface area contributed by atoms with Gasteiger partial charge >= 0.3 is 0 Å². The number of carbonyl (C=O) groups excluding carboxylic acids is 2. The number of rotatable bonds is 6. The minimum Gasteiger partial charge on any atom is -0.383 e. The van der Waals surface area contributed by atoms with Crippen LogP contribution in [0.25, 0.3) is 0 Å². The molecule has 0 saturated heterocycles. The normalized spacial score (nSPS) is 13.2. The lowest BCUT2D eigenvalue weighted by molar-refractivity contribution is -0.117. The first-order valence-electron chi connectivity index (χ1n) is 8.08. The van der Waals surface area contributed by atoms with Gasteiger partial charge in [0.2, 0.25) is 5.91 Å². The van der Waals surface area contributed by atoms with Crippen LogP contribution in [-0.2, 0) is 22.4 Å². The number of nitrogen functional groups attached to an aromatic ring is 1. The molecule has 25 heavy (non-hydrogen) atoms. The second-order valence-corrected chi connectivity index (χ2v) is 7.22. The van der Waals surface area contributed by atoms with E-state index in [2.05, 4.69) is 9.97 Å². The number of aromatic nitrogens is 2. The molecule has 0 saturated carbocycles. The van der Waals surface area contributed by atoms with Gasteiger partial charge < -0.3 is 5.73 Å². The maximum atomic E-state index is 12.3. The largest absolute Gasteiger partial charge is 0.383 e. The SMILES string of the molecule is CC(=O)Cc1cccc(SCCN2C(=O)Cc3c(N)nc(C)nc32)c1. The zero-order valence-electron chi connectivity index (χ0n) is 14.3. The summed E-state index contributed by atoms with van der Waals surface area (Å²) in [5.41, 5.74) is 7.65. The van der Waals surface area contributed by atoms with Crippen LogP contribution in [0.15, 0.2) is 29.2 Å². The number of ketones is 1. The van der Waals surface area contributed by atoms with Crippen LogP contribution in [-0.4, -0.2) is 34.0 Å². The molecule has 1 aromatic heterocycles. The molecule has 2 N–H and O–H groups in total. The maximum Gasteiger partial charge on any atom is 0.232 e. The molecule has 0 fully saturated rings. The molecular formula is C18H20N4O2S. The van der Waals surface area contributed by atoms with E-state index in [-0.39, 0.29) is 18.1 Å². The van der Waals surface area contributed by atoms with Crippen molar-refractivity contribution < 1.29 is 9.59 Å². The molecule has 1 aliphatic heterocycles. The molecule has 1 amide bonds. The van der Waals surface area contributed by atoms with E-state index in [0.717, 1.165) is 21.8 Å². The average Bonchev–Trinajstić information content (AvgIpc) is 2.84. The van der Waals surface area contributed by atoms with Crippen molar-refractivity contribution in [3.63, 3.8) is 0 Å². The van der Waals surface area contributed by atoms with Gasteiger partial charge in [-0.05, 0) is 31.5 Å². The number of hydrogen-bond donors (Lipinski definition) is 1. The van der Waals surface area contributed by atoms with E-state index in [0.29, 0.717) is 30.4 Å². The average molecular weight is 356 g/mol. The number of fused-ring (bicyclic) bond motifs is 1. The van der Waals surface area contributed by atoms with Gasteiger partial charge in [0.25, 0.3) is 0 Å².